The van der Waals surface area contributed by atoms with Crippen LogP contribution in [-0.2, 0) is 4.74 Å². The molecule has 0 atom stereocenters. The molecule has 0 bridgehead atoms. The summed E-state index contributed by atoms with van der Waals surface area (Å²) in [5.41, 5.74) is 2.06. The topological polar surface area (TPSA) is 81.4 Å². The number of hydrogen-bond acceptors (Lipinski definition) is 6. The van der Waals surface area contributed by atoms with Crippen LogP contribution in [0.1, 0.15) is 0 Å². The lowest BCUT2D eigenvalue weighted by Gasteiger charge is -2.29. The van der Waals surface area contributed by atoms with Gasteiger partial charge < -0.3 is 9.64 Å². The van der Waals surface area contributed by atoms with Crippen molar-refractivity contribution in [1.29, 1.82) is 0 Å². The molecule has 7 nitrogen and oxygen atoms in total. The van der Waals surface area contributed by atoms with E-state index in [1.54, 1.807) is 0 Å². The lowest BCUT2D eigenvalue weighted by atomic mass is 10.0. The van der Waals surface area contributed by atoms with Crippen LogP contribution in [0.4, 0.5) is 11.5 Å². The third-order valence-corrected chi connectivity index (χ3v) is 4.59. The second kappa shape index (κ2) is 6.86. The molecule has 0 saturated carbocycles. The molecule has 1 aliphatic heterocycles. The highest BCUT2D eigenvalue weighted by molar-refractivity contribution is 6.31. The summed E-state index contributed by atoms with van der Waals surface area (Å²) in [5, 5.41) is 11.6. The van der Waals surface area contributed by atoms with Crippen LogP contribution in [0.15, 0.2) is 42.5 Å². The fraction of sp³-hybridized carbons (Fsp3) is 0.222. The van der Waals surface area contributed by atoms with Crippen molar-refractivity contribution < 1.29 is 9.66 Å². The first-order valence-electron chi connectivity index (χ1n) is 8.17. The standard InChI is InChI=1S/C18H15ClN4O3/c19-16-15(23(24)25)11-13-10-14(12-4-2-1-3-5-12)18(21-17(13)20-16)22-6-8-26-9-7-22/h1-5,10-11H,6-9H2. The van der Waals surface area contributed by atoms with E-state index in [9.17, 15) is 10.1 Å². The molecule has 26 heavy (non-hydrogen) atoms. The maximum absolute atomic E-state index is 11.2. The summed E-state index contributed by atoms with van der Waals surface area (Å²) in [4.78, 5) is 21.6. The Morgan fingerprint density at radius 2 is 1.85 bits per heavy atom. The predicted octanol–water partition coefficient (Wildman–Crippen LogP) is 3.70. The highest BCUT2D eigenvalue weighted by atomic mass is 35.5. The molecule has 8 heteroatoms. The Labute approximate surface area is 154 Å². The van der Waals surface area contributed by atoms with Gasteiger partial charge in [0.15, 0.2) is 5.65 Å². The molecule has 0 N–H and O–H groups in total. The average molecular weight is 371 g/mol. The first-order valence-corrected chi connectivity index (χ1v) is 8.55. The average Bonchev–Trinajstić information content (AvgIpc) is 2.67. The zero-order valence-electron chi connectivity index (χ0n) is 13.8. The molecule has 132 valence electrons. The van der Waals surface area contributed by atoms with Crippen LogP contribution in [0.25, 0.3) is 22.2 Å². The van der Waals surface area contributed by atoms with Gasteiger partial charge in [0.1, 0.15) is 5.82 Å². The third kappa shape index (κ3) is 3.07. The van der Waals surface area contributed by atoms with Crippen molar-refractivity contribution in [2.45, 2.75) is 0 Å². The molecule has 3 heterocycles. The van der Waals surface area contributed by atoms with Crippen LogP contribution < -0.4 is 4.90 Å². The normalized spacial score (nSPS) is 14.6. The van der Waals surface area contributed by atoms with Gasteiger partial charge in [0.2, 0.25) is 5.15 Å². The lowest BCUT2D eigenvalue weighted by Crippen LogP contribution is -2.37. The van der Waals surface area contributed by atoms with Crippen LogP contribution in [0.2, 0.25) is 5.15 Å². The van der Waals surface area contributed by atoms with Crippen molar-refractivity contribution in [3.8, 4) is 11.1 Å². The first kappa shape index (κ1) is 16.7. The molecule has 0 aliphatic carbocycles. The highest BCUT2D eigenvalue weighted by Gasteiger charge is 2.21. The number of morpholine rings is 1. The molecular formula is C18H15ClN4O3. The van der Waals surface area contributed by atoms with Gasteiger partial charge in [-0.1, -0.05) is 41.9 Å². The maximum atomic E-state index is 11.2. The van der Waals surface area contributed by atoms with Crippen molar-refractivity contribution in [3.63, 3.8) is 0 Å². The fourth-order valence-electron chi connectivity index (χ4n) is 3.04. The zero-order chi connectivity index (χ0) is 18.1. The van der Waals surface area contributed by atoms with E-state index in [0.717, 1.165) is 30.0 Å². The maximum Gasteiger partial charge on any atom is 0.307 e. The number of nitro groups is 1. The van der Waals surface area contributed by atoms with Gasteiger partial charge in [-0.2, -0.15) is 0 Å². The van der Waals surface area contributed by atoms with Crippen LogP contribution >= 0.6 is 11.6 Å². The Kier molecular flexibility index (Phi) is 4.40. The minimum atomic E-state index is -0.535. The molecule has 1 aromatic carbocycles. The Balaban J connectivity index is 1.94. The third-order valence-electron chi connectivity index (χ3n) is 4.31. The number of halogens is 1. The Morgan fingerprint density at radius 3 is 2.54 bits per heavy atom. The molecule has 2 aromatic heterocycles. The van der Waals surface area contributed by atoms with Crippen LogP contribution in [0, 0.1) is 10.1 Å². The Bertz CT molecular complexity index is 975. The van der Waals surface area contributed by atoms with Gasteiger partial charge in [-0.3, -0.25) is 10.1 Å². The van der Waals surface area contributed by atoms with E-state index in [1.165, 1.54) is 6.07 Å². The summed E-state index contributed by atoms with van der Waals surface area (Å²) in [7, 11) is 0. The second-order valence-electron chi connectivity index (χ2n) is 5.93. The van der Waals surface area contributed by atoms with Gasteiger partial charge in [-0.05, 0) is 11.6 Å². The van der Waals surface area contributed by atoms with E-state index in [-0.39, 0.29) is 10.8 Å². The fourth-order valence-corrected chi connectivity index (χ4v) is 3.24. The van der Waals surface area contributed by atoms with E-state index in [1.807, 2.05) is 36.4 Å². The minimum Gasteiger partial charge on any atom is -0.378 e. The number of hydrogen-bond donors (Lipinski definition) is 0. The molecule has 1 saturated heterocycles. The van der Waals surface area contributed by atoms with Gasteiger partial charge in [0.25, 0.3) is 0 Å². The molecular weight excluding hydrogens is 356 g/mol. The summed E-state index contributed by atoms with van der Waals surface area (Å²) in [6, 6.07) is 13.1. The smallest absolute Gasteiger partial charge is 0.307 e. The number of pyridine rings is 2. The van der Waals surface area contributed by atoms with E-state index >= 15 is 0 Å². The molecule has 0 unspecified atom stereocenters. The van der Waals surface area contributed by atoms with Crippen LogP contribution in [0.5, 0.6) is 0 Å². The summed E-state index contributed by atoms with van der Waals surface area (Å²) in [6.45, 7) is 2.70. The zero-order valence-corrected chi connectivity index (χ0v) is 14.5. The number of nitrogens with zero attached hydrogens (tertiary/aromatic N) is 4. The summed E-state index contributed by atoms with van der Waals surface area (Å²) in [5.74, 6) is 0.782. The molecule has 0 spiro atoms. The minimum absolute atomic E-state index is 0.157. The van der Waals surface area contributed by atoms with Crippen molar-refractivity contribution in [3.05, 3.63) is 57.7 Å². The largest absolute Gasteiger partial charge is 0.378 e. The lowest BCUT2D eigenvalue weighted by molar-refractivity contribution is -0.384. The van der Waals surface area contributed by atoms with Gasteiger partial charge in [-0.15, -0.1) is 0 Å². The molecule has 3 aromatic rings. The quantitative estimate of drug-likeness (QED) is 0.397. The molecule has 1 aliphatic rings. The van der Waals surface area contributed by atoms with E-state index in [2.05, 4.69) is 14.9 Å². The predicted molar refractivity (Wildman–Crippen MR) is 99.7 cm³/mol. The number of rotatable bonds is 3. The molecule has 4 rings (SSSR count). The Hall–Kier alpha value is -2.77. The number of benzene rings is 1. The van der Waals surface area contributed by atoms with E-state index in [0.29, 0.717) is 24.2 Å². The number of aromatic nitrogens is 2. The van der Waals surface area contributed by atoms with Crippen molar-refractivity contribution in [2.75, 3.05) is 31.2 Å². The van der Waals surface area contributed by atoms with Gasteiger partial charge in [0, 0.05) is 30.1 Å². The van der Waals surface area contributed by atoms with Gasteiger partial charge >= 0.3 is 5.69 Å². The van der Waals surface area contributed by atoms with Crippen molar-refractivity contribution >= 4 is 34.1 Å². The SMILES string of the molecule is O=[N+]([O-])c1cc2cc(-c3ccccc3)c(N3CCOCC3)nc2nc1Cl. The van der Waals surface area contributed by atoms with E-state index in [4.69, 9.17) is 16.3 Å². The number of ether oxygens (including phenoxy) is 1. The summed E-state index contributed by atoms with van der Waals surface area (Å²) in [6.07, 6.45) is 0. The Morgan fingerprint density at radius 1 is 1.12 bits per heavy atom. The summed E-state index contributed by atoms with van der Waals surface area (Å²) >= 11 is 5.97. The van der Waals surface area contributed by atoms with Crippen LogP contribution in [-0.4, -0.2) is 41.2 Å². The molecule has 0 radical (unpaired) electrons. The number of fused-ring (bicyclic) bond motifs is 1. The second-order valence-corrected chi connectivity index (χ2v) is 6.29. The van der Waals surface area contributed by atoms with Gasteiger partial charge in [0.05, 0.1) is 18.1 Å². The van der Waals surface area contributed by atoms with E-state index < -0.39 is 4.92 Å². The highest BCUT2D eigenvalue weighted by Crippen LogP contribution is 2.34. The van der Waals surface area contributed by atoms with Crippen molar-refractivity contribution in [2.24, 2.45) is 0 Å². The molecule has 0 amide bonds. The molecule has 1 fully saturated rings. The summed E-state index contributed by atoms with van der Waals surface area (Å²) < 4.78 is 5.43. The first-order chi connectivity index (χ1) is 12.6. The van der Waals surface area contributed by atoms with Crippen LogP contribution in [0.3, 0.4) is 0 Å². The van der Waals surface area contributed by atoms with Gasteiger partial charge in [-0.25, -0.2) is 9.97 Å². The van der Waals surface area contributed by atoms with Crippen molar-refractivity contribution in [1.82, 2.24) is 9.97 Å². The number of anilines is 1. The monoisotopic (exact) mass is 370 g/mol.